The molecule has 1 aliphatic carbocycles. The van der Waals surface area contributed by atoms with Crippen molar-refractivity contribution in [2.45, 2.75) is 25.0 Å². The van der Waals surface area contributed by atoms with Gasteiger partial charge in [0.15, 0.2) is 0 Å². The maximum atomic E-state index is 5.59. The molecular weight excluding hydrogens is 194 g/mol. The Bertz CT molecular complexity index is 267. The molecular formula is C11H17NOS. The minimum Gasteiger partial charge on any atom is -0.468 e. The number of thioether (sulfide) groups is 1. The zero-order valence-corrected chi connectivity index (χ0v) is 9.19. The van der Waals surface area contributed by atoms with Crippen LogP contribution < -0.4 is 5.73 Å². The number of rotatable bonds is 6. The van der Waals surface area contributed by atoms with E-state index < -0.39 is 0 Å². The molecule has 0 aromatic carbocycles. The van der Waals surface area contributed by atoms with Gasteiger partial charge in [0, 0.05) is 0 Å². The standard InChI is InChI=1S/C11H17NOS/c12-6-5-11(3-4-11)9-14-8-10-2-1-7-13-10/h1-2,7H,3-6,8-9,12H2. The Morgan fingerprint density at radius 2 is 2.36 bits per heavy atom. The number of hydrogen-bond donors (Lipinski definition) is 1. The molecule has 78 valence electrons. The summed E-state index contributed by atoms with van der Waals surface area (Å²) in [4.78, 5) is 0. The molecule has 0 amide bonds. The van der Waals surface area contributed by atoms with Crippen LogP contribution in [-0.4, -0.2) is 12.3 Å². The lowest BCUT2D eigenvalue weighted by molar-refractivity contribution is 0.525. The van der Waals surface area contributed by atoms with Gasteiger partial charge < -0.3 is 10.2 Å². The molecule has 0 bridgehead atoms. The van der Waals surface area contributed by atoms with Crippen molar-refractivity contribution in [3.05, 3.63) is 24.2 Å². The molecule has 0 atom stereocenters. The van der Waals surface area contributed by atoms with E-state index in [-0.39, 0.29) is 0 Å². The maximum absolute atomic E-state index is 5.59. The first-order chi connectivity index (χ1) is 6.85. The summed E-state index contributed by atoms with van der Waals surface area (Å²) in [6, 6.07) is 3.98. The summed E-state index contributed by atoms with van der Waals surface area (Å²) in [7, 11) is 0. The fourth-order valence-corrected chi connectivity index (χ4v) is 3.05. The van der Waals surface area contributed by atoms with Crippen LogP contribution in [0, 0.1) is 5.41 Å². The van der Waals surface area contributed by atoms with Crippen LogP contribution in [0.5, 0.6) is 0 Å². The predicted octanol–water partition coefficient (Wildman–Crippen LogP) is 2.64. The van der Waals surface area contributed by atoms with E-state index in [4.69, 9.17) is 10.2 Å². The van der Waals surface area contributed by atoms with E-state index in [9.17, 15) is 0 Å². The van der Waals surface area contributed by atoms with Crippen LogP contribution in [-0.2, 0) is 5.75 Å². The van der Waals surface area contributed by atoms with Gasteiger partial charge in [-0.2, -0.15) is 11.8 Å². The van der Waals surface area contributed by atoms with Crippen molar-refractivity contribution in [1.29, 1.82) is 0 Å². The average Bonchev–Trinajstić information content (AvgIpc) is 2.75. The van der Waals surface area contributed by atoms with Crippen LogP contribution in [0.1, 0.15) is 25.0 Å². The van der Waals surface area contributed by atoms with Crippen LogP contribution in [0.2, 0.25) is 0 Å². The third-order valence-corrected chi connectivity index (χ3v) is 4.17. The molecule has 1 saturated carbocycles. The van der Waals surface area contributed by atoms with E-state index in [0.29, 0.717) is 5.41 Å². The summed E-state index contributed by atoms with van der Waals surface area (Å²) in [5, 5.41) is 0. The van der Waals surface area contributed by atoms with Crippen LogP contribution in [0.15, 0.2) is 22.8 Å². The number of hydrogen-bond acceptors (Lipinski definition) is 3. The maximum Gasteiger partial charge on any atom is 0.113 e. The Kier molecular flexibility index (Phi) is 3.19. The van der Waals surface area contributed by atoms with Gasteiger partial charge in [-0.15, -0.1) is 0 Å². The Balaban J connectivity index is 1.68. The molecule has 3 heteroatoms. The van der Waals surface area contributed by atoms with Gasteiger partial charge in [-0.05, 0) is 49.1 Å². The SMILES string of the molecule is NCCC1(CSCc2ccco2)CC1. The van der Waals surface area contributed by atoms with E-state index in [2.05, 4.69) is 0 Å². The summed E-state index contributed by atoms with van der Waals surface area (Å²) in [5.74, 6) is 3.32. The molecule has 1 fully saturated rings. The summed E-state index contributed by atoms with van der Waals surface area (Å²) < 4.78 is 5.28. The quantitative estimate of drug-likeness (QED) is 0.786. The molecule has 0 saturated heterocycles. The molecule has 0 radical (unpaired) electrons. The topological polar surface area (TPSA) is 39.2 Å². The third-order valence-electron chi connectivity index (χ3n) is 2.86. The largest absolute Gasteiger partial charge is 0.468 e. The Labute approximate surface area is 89.2 Å². The monoisotopic (exact) mass is 211 g/mol. The normalized spacial score (nSPS) is 18.4. The first-order valence-corrected chi connectivity index (χ1v) is 6.30. The van der Waals surface area contributed by atoms with Gasteiger partial charge in [0.05, 0.1) is 12.0 Å². The van der Waals surface area contributed by atoms with Gasteiger partial charge in [0.1, 0.15) is 5.76 Å². The molecule has 0 aliphatic heterocycles. The molecule has 2 rings (SSSR count). The molecule has 1 aromatic rings. The summed E-state index contributed by atoms with van der Waals surface area (Å²) in [6.07, 6.45) is 5.67. The molecule has 2 N–H and O–H groups in total. The molecule has 1 heterocycles. The first kappa shape index (κ1) is 10.1. The van der Waals surface area contributed by atoms with E-state index in [1.165, 1.54) is 25.0 Å². The van der Waals surface area contributed by atoms with Crippen LogP contribution in [0.25, 0.3) is 0 Å². The van der Waals surface area contributed by atoms with E-state index in [1.54, 1.807) is 6.26 Å². The molecule has 1 aliphatic rings. The molecule has 2 nitrogen and oxygen atoms in total. The van der Waals surface area contributed by atoms with Crippen LogP contribution in [0.4, 0.5) is 0 Å². The average molecular weight is 211 g/mol. The van der Waals surface area contributed by atoms with Crippen molar-refractivity contribution in [3.8, 4) is 0 Å². The van der Waals surface area contributed by atoms with Gasteiger partial charge in [-0.3, -0.25) is 0 Å². The van der Waals surface area contributed by atoms with Gasteiger partial charge >= 0.3 is 0 Å². The summed E-state index contributed by atoms with van der Waals surface area (Å²) in [5.41, 5.74) is 6.18. The highest BCUT2D eigenvalue weighted by Gasteiger charge is 2.41. The Morgan fingerprint density at radius 1 is 1.50 bits per heavy atom. The first-order valence-electron chi connectivity index (χ1n) is 5.15. The van der Waals surface area contributed by atoms with Crippen LogP contribution >= 0.6 is 11.8 Å². The minimum atomic E-state index is 0.589. The van der Waals surface area contributed by atoms with Crippen molar-refractivity contribution in [2.75, 3.05) is 12.3 Å². The third kappa shape index (κ3) is 2.55. The fraction of sp³-hybridized carbons (Fsp3) is 0.636. The smallest absolute Gasteiger partial charge is 0.113 e. The predicted molar refractivity (Wildman–Crippen MR) is 60.2 cm³/mol. The van der Waals surface area contributed by atoms with E-state index in [0.717, 1.165) is 18.1 Å². The molecule has 0 unspecified atom stereocenters. The second kappa shape index (κ2) is 4.41. The molecule has 14 heavy (non-hydrogen) atoms. The number of furan rings is 1. The highest BCUT2D eigenvalue weighted by molar-refractivity contribution is 7.98. The summed E-state index contributed by atoms with van der Waals surface area (Å²) in [6.45, 7) is 0.835. The Morgan fingerprint density at radius 3 is 2.93 bits per heavy atom. The second-order valence-corrected chi connectivity index (χ2v) is 5.10. The highest BCUT2D eigenvalue weighted by atomic mass is 32.2. The van der Waals surface area contributed by atoms with Gasteiger partial charge in [-0.25, -0.2) is 0 Å². The van der Waals surface area contributed by atoms with Gasteiger partial charge in [0.25, 0.3) is 0 Å². The van der Waals surface area contributed by atoms with E-state index in [1.807, 2.05) is 23.9 Å². The van der Waals surface area contributed by atoms with Gasteiger partial charge in [-0.1, -0.05) is 0 Å². The van der Waals surface area contributed by atoms with Crippen molar-refractivity contribution >= 4 is 11.8 Å². The Hall–Kier alpha value is -0.410. The summed E-state index contributed by atoms with van der Waals surface area (Å²) >= 11 is 1.97. The molecule has 1 aromatic heterocycles. The number of nitrogens with two attached hydrogens (primary N) is 1. The fourth-order valence-electron chi connectivity index (χ4n) is 1.71. The van der Waals surface area contributed by atoms with Crippen LogP contribution in [0.3, 0.4) is 0 Å². The molecule has 0 spiro atoms. The van der Waals surface area contributed by atoms with Crippen molar-refractivity contribution in [3.63, 3.8) is 0 Å². The van der Waals surface area contributed by atoms with Crippen molar-refractivity contribution < 1.29 is 4.42 Å². The minimum absolute atomic E-state index is 0.589. The highest BCUT2D eigenvalue weighted by Crippen LogP contribution is 2.50. The van der Waals surface area contributed by atoms with Crippen molar-refractivity contribution in [2.24, 2.45) is 11.1 Å². The lowest BCUT2D eigenvalue weighted by Crippen LogP contribution is -2.11. The van der Waals surface area contributed by atoms with Gasteiger partial charge in [0.2, 0.25) is 0 Å². The zero-order chi connectivity index (χ0) is 9.86. The lowest BCUT2D eigenvalue weighted by Gasteiger charge is -2.12. The second-order valence-electron chi connectivity index (χ2n) is 4.11. The zero-order valence-electron chi connectivity index (χ0n) is 8.37. The lowest BCUT2D eigenvalue weighted by atomic mass is 10.1. The van der Waals surface area contributed by atoms with E-state index >= 15 is 0 Å². The van der Waals surface area contributed by atoms with Crippen molar-refractivity contribution in [1.82, 2.24) is 0 Å².